The van der Waals surface area contributed by atoms with Crippen molar-refractivity contribution in [1.82, 2.24) is 0 Å². The summed E-state index contributed by atoms with van der Waals surface area (Å²) in [6.45, 7) is 5.33. The first-order valence-electron chi connectivity index (χ1n) is 7.75. The largest absolute Gasteiger partial charge is 0.362 e. The van der Waals surface area contributed by atoms with Crippen molar-refractivity contribution in [3.8, 4) is 0 Å². The van der Waals surface area contributed by atoms with Gasteiger partial charge in [0.05, 0.1) is 28.5 Å². The van der Waals surface area contributed by atoms with E-state index in [1.807, 2.05) is 6.08 Å². The van der Waals surface area contributed by atoms with Crippen LogP contribution in [0.5, 0.6) is 0 Å². The van der Waals surface area contributed by atoms with Gasteiger partial charge in [-0.15, -0.1) is 0 Å². The average molecular weight is 328 g/mol. The molecule has 3 aliphatic heterocycles. The van der Waals surface area contributed by atoms with E-state index in [4.69, 9.17) is 4.74 Å². The van der Waals surface area contributed by atoms with Crippen molar-refractivity contribution < 1.29 is 19.2 Å². The normalized spacial score (nSPS) is 33.5. The zero-order valence-corrected chi connectivity index (χ0v) is 13.5. The van der Waals surface area contributed by atoms with Crippen LogP contribution < -0.4 is 4.90 Å². The lowest BCUT2D eigenvalue weighted by Gasteiger charge is -2.24. The number of aryl methyl sites for hydroxylation is 2. The van der Waals surface area contributed by atoms with E-state index >= 15 is 0 Å². The number of fused-ring (bicyclic) bond motifs is 5. The maximum Gasteiger partial charge on any atom is 0.293 e. The molecule has 4 rings (SSSR count). The van der Waals surface area contributed by atoms with Crippen molar-refractivity contribution in [2.24, 2.45) is 11.8 Å². The second-order valence-electron chi connectivity index (χ2n) is 6.82. The molecule has 3 heterocycles. The summed E-state index contributed by atoms with van der Waals surface area (Å²) in [7, 11) is 0. The predicted octanol–water partition coefficient (Wildman–Crippen LogP) is 2.04. The number of imide groups is 1. The van der Waals surface area contributed by atoms with Gasteiger partial charge in [0.2, 0.25) is 11.8 Å². The van der Waals surface area contributed by atoms with Crippen LogP contribution in [0.4, 0.5) is 11.4 Å². The molecule has 0 spiro atoms. The van der Waals surface area contributed by atoms with E-state index < -0.39 is 40.3 Å². The molecular weight excluding hydrogens is 312 g/mol. The zero-order valence-electron chi connectivity index (χ0n) is 13.5. The lowest BCUT2D eigenvalue weighted by molar-refractivity contribution is -0.384. The van der Waals surface area contributed by atoms with Crippen molar-refractivity contribution in [2.75, 3.05) is 4.90 Å². The number of ether oxygens (including phenoxy) is 1. The maximum atomic E-state index is 12.9. The third-order valence-corrected chi connectivity index (χ3v) is 5.36. The van der Waals surface area contributed by atoms with E-state index in [9.17, 15) is 19.7 Å². The molecule has 0 N–H and O–H groups in total. The van der Waals surface area contributed by atoms with Gasteiger partial charge in [-0.25, -0.2) is 4.90 Å². The van der Waals surface area contributed by atoms with E-state index in [2.05, 4.69) is 0 Å². The van der Waals surface area contributed by atoms with Crippen molar-refractivity contribution in [3.05, 3.63) is 45.5 Å². The predicted molar refractivity (Wildman–Crippen MR) is 84.5 cm³/mol. The standard InChI is InChI=1S/C17H16N2O5/c1-8-6-10(11(19(22)23)7-9(8)2)18-15(20)13-12-4-5-17(3,24-12)14(13)16(18)21/h4-7,12-14H,1-3H3/t12-,13+,14+,17-/m1/s1. The van der Waals surface area contributed by atoms with Crippen LogP contribution in [0.3, 0.4) is 0 Å². The highest BCUT2D eigenvalue weighted by Crippen LogP contribution is 2.53. The molecule has 0 aromatic heterocycles. The molecule has 1 aromatic carbocycles. The summed E-state index contributed by atoms with van der Waals surface area (Å²) in [4.78, 5) is 37.7. The summed E-state index contributed by atoms with van der Waals surface area (Å²) in [6.07, 6.45) is 3.17. The second kappa shape index (κ2) is 4.51. The number of anilines is 1. The molecule has 7 nitrogen and oxygen atoms in total. The molecule has 0 radical (unpaired) electrons. The first kappa shape index (κ1) is 15.0. The van der Waals surface area contributed by atoms with Gasteiger partial charge in [-0.05, 0) is 38.0 Å². The molecule has 2 fully saturated rings. The number of rotatable bonds is 2. The number of nitro benzene ring substituents is 1. The molecule has 3 aliphatic rings. The van der Waals surface area contributed by atoms with Crippen LogP contribution in [0, 0.1) is 35.8 Å². The van der Waals surface area contributed by atoms with Gasteiger partial charge < -0.3 is 4.74 Å². The first-order chi connectivity index (χ1) is 11.2. The molecule has 24 heavy (non-hydrogen) atoms. The molecule has 4 atom stereocenters. The van der Waals surface area contributed by atoms with Gasteiger partial charge in [0.1, 0.15) is 5.69 Å². The van der Waals surface area contributed by atoms with Crippen LogP contribution in [-0.2, 0) is 14.3 Å². The molecule has 124 valence electrons. The van der Waals surface area contributed by atoms with Crippen LogP contribution >= 0.6 is 0 Å². The third-order valence-electron chi connectivity index (χ3n) is 5.36. The van der Waals surface area contributed by atoms with E-state index in [-0.39, 0.29) is 11.4 Å². The van der Waals surface area contributed by atoms with Gasteiger partial charge in [-0.2, -0.15) is 0 Å². The highest BCUT2D eigenvalue weighted by molar-refractivity contribution is 6.24. The quantitative estimate of drug-likeness (QED) is 0.359. The highest BCUT2D eigenvalue weighted by atomic mass is 16.6. The summed E-state index contributed by atoms with van der Waals surface area (Å²) in [5, 5.41) is 11.4. The number of hydrogen-bond acceptors (Lipinski definition) is 5. The van der Waals surface area contributed by atoms with Crippen molar-refractivity contribution in [3.63, 3.8) is 0 Å². The number of nitrogens with zero attached hydrogens (tertiary/aromatic N) is 2. The highest BCUT2D eigenvalue weighted by Gasteiger charge is 2.66. The van der Waals surface area contributed by atoms with Crippen LogP contribution in [0.1, 0.15) is 18.1 Å². The van der Waals surface area contributed by atoms with Gasteiger partial charge in [0.15, 0.2) is 0 Å². The topological polar surface area (TPSA) is 89.8 Å². The van der Waals surface area contributed by atoms with Gasteiger partial charge >= 0.3 is 0 Å². The van der Waals surface area contributed by atoms with Gasteiger partial charge in [-0.1, -0.05) is 12.2 Å². The Bertz CT molecular complexity index is 846. The SMILES string of the molecule is Cc1cc(N2C(=O)[C@@H]3[C@@H](C2=O)[C@@]2(C)C=C[C@H]3O2)c([N+](=O)[O-])cc1C. The Morgan fingerprint density at radius 1 is 1.21 bits per heavy atom. The summed E-state index contributed by atoms with van der Waals surface area (Å²) < 4.78 is 5.76. The molecule has 0 unspecified atom stereocenters. The molecule has 7 heteroatoms. The van der Waals surface area contributed by atoms with Crippen LogP contribution in [-0.4, -0.2) is 28.4 Å². The van der Waals surface area contributed by atoms with Gasteiger partial charge in [-0.3, -0.25) is 19.7 Å². The van der Waals surface area contributed by atoms with Gasteiger partial charge in [0, 0.05) is 6.07 Å². The maximum absolute atomic E-state index is 12.9. The Labute approximate surface area is 138 Å². The lowest BCUT2D eigenvalue weighted by atomic mass is 9.78. The molecule has 2 bridgehead atoms. The van der Waals surface area contributed by atoms with E-state index in [1.165, 1.54) is 6.07 Å². The van der Waals surface area contributed by atoms with E-state index in [0.717, 1.165) is 16.0 Å². The summed E-state index contributed by atoms with van der Waals surface area (Å²) in [5.41, 5.74) is 0.533. The molecule has 0 aliphatic carbocycles. The number of amides is 2. The van der Waals surface area contributed by atoms with Crippen molar-refractivity contribution in [2.45, 2.75) is 32.5 Å². The summed E-state index contributed by atoms with van der Waals surface area (Å²) in [6, 6.07) is 2.95. The molecule has 1 aromatic rings. The minimum atomic E-state index is -0.814. The Hall–Kier alpha value is -2.54. The van der Waals surface area contributed by atoms with Crippen molar-refractivity contribution >= 4 is 23.2 Å². The Kier molecular flexibility index (Phi) is 2.82. The Balaban J connectivity index is 1.85. The van der Waals surface area contributed by atoms with Gasteiger partial charge in [0.25, 0.3) is 5.69 Å². The fraction of sp³-hybridized carbons (Fsp3) is 0.412. The number of nitro groups is 1. The molecule has 0 saturated carbocycles. The number of benzene rings is 1. The molecule has 2 saturated heterocycles. The van der Waals surface area contributed by atoms with Crippen LogP contribution in [0.15, 0.2) is 24.3 Å². The average Bonchev–Trinajstić information content (AvgIpc) is 3.11. The van der Waals surface area contributed by atoms with E-state index in [0.29, 0.717) is 0 Å². The minimum absolute atomic E-state index is 0.0514. The second-order valence-corrected chi connectivity index (χ2v) is 6.82. The number of carbonyl (C=O) groups excluding carboxylic acids is 2. The molecular formula is C17H16N2O5. The van der Waals surface area contributed by atoms with Crippen molar-refractivity contribution in [1.29, 1.82) is 0 Å². The molecule has 2 amide bonds. The zero-order chi connectivity index (χ0) is 17.4. The van der Waals surface area contributed by atoms with Crippen LogP contribution in [0.25, 0.3) is 0 Å². The fourth-order valence-electron chi connectivity index (χ4n) is 4.00. The lowest BCUT2D eigenvalue weighted by Crippen LogP contribution is -2.38. The van der Waals surface area contributed by atoms with E-state index in [1.54, 1.807) is 32.9 Å². The number of hydrogen-bond donors (Lipinski definition) is 0. The third kappa shape index (κ3) is 1.70. The fourth-order valence-corrected chi connectivity index (χ4v) is 4.00. The Morgan fingerprint density at radius 3 is 2.50 bits per heavy atom. The summed E-state index contributed by atoms with van der Waals surface area (Å²) >= 11 is 0. The first-order valence-corrected chi connectivity index (χ1v) is 7.75. The van der Waals surface area contributed by atoms with Crippen LogP contribution in [0.2, 0.25) is 0 Å². The number of carbonyl (C=O) groups is 2. The minimum Gasteiger partial charge on any atom is -0.362 e. The summed E-state index contributed by atoms with van der Waals surface area (Å²) in [5.74, 6) is -2.07. The smallest absolute Gasteiger partial charge is 0.293 e. The Morgan fingerprint density at radius 2 is 1.88 bits per heavy atom. The monoisotopic (exact) mass is 328 g/mol.